The molecular weight excluding hydrogens is 248 g/mol. The van der Waals surface area contributed by atoms with E-state index in [1.165, 1.54) is 0 Å². The standard InChI is InChI=1S/C13H24N2O2S/c1-13(2,3)18-8-11(16)15-10-7-5-4-6-9(10)12(14)17/h9-10H,4-8H2,1-3H3,(H2,14,17)(H,15,16)/t9-,10-/m0/s1. The number of nitrogens with two attached hydrogens (primary N) is 1. The van der Waals surface area contributed by atoms with E-state index in [0.29, 0.717) is 5.75 Å². The van der Waals surface area contributed by atoms with Gasteiger partial charge in [-0.05, 0) is 12.8 Å². The molecule has 104 valence electrons. The average molecular weight is 272 g/mol. The van der Waals surface area contributed by atoms with Crippen molar-refractivity contribution in [2.24, 2.45) is 11.7 Å². The smallest absolute Gasteiger partial charge is 0.230 e. The Bertz CT molecular complexity index is 313. The number of carbonyl (C=O) groups excluding carboxylic acids is 2. The Balaban J connectivity index is 2.44. The van der Waals surface area contributed by atoms with Crippen molar-refractivity contribution in [2.75, 3.05) is 5.75 Å². The van der Waals surface area contributed by atoms with Gasteiger partial charge in [0.1, 0.15) is 0 Å². The fraction of sp³-hybridized carbons (Fsp3) is 0.846. The van der Waals surface area contributed by atoms with E-state index >= 15 is 0 Å². The normalized spacial score (nSPS) is 24.6. The summed E-state index contributed by atoms with van der Waals surface area (Å²) in [7, 11) is 0. The van der Waals surface area contributed by atoms with Gasteiger partial charge in [0.25, 0.3) is 0 Å². The molecule has 3 N–H and O–H groups in total. The van der Waals surface area contributed by atoms with Crippen molar-refractivity contribution >= 4 is 23.6 Å². The summed E-state index contributed by atoms with van der Waals surface area (Å²) in [6.45, 7) is 6.24. The quantitative estimate of drug-likeness (QED) is 0.818. The predicted molar refractivity (Wildman–Crippen MR) is 75.3 cm³/mol. The molecule has 1 saturated carbocycles. The van der Waals surface area contributed by atoms with Crippen molar-refractivity contribution < 1.29 is 9.59 Å². The third kappa shape index (κ3) is 5.29. The van der Waals surface area contributed by atoms with Gasteiger partial charge >= 0.3 is 0 Å². The molecule has 0 aliphatic heterocycles. The lowest BCUT2D eigenvalue weighted by Crippen LogP contribution is -2.47. The molecule has 1 fully saturated rings. The lowest BCUT2D eigenvalue weighted by molar-refractivity contribution is -0.125. The van der Waals surface area contributed by atoms with Crippen LogP contribution >= 0.6 is 11.8 Å². The van der Waals surface area contributed by atoms with E-state index in [1.54, 1.807) is 11.8 Å². The van der Waals surface area contributed by atoms with E-state index in [0.717, 1.165) is 25.7 Å². The fourth-order valence-electron chi connectivity index (χ4n) is 2.17. The van der Waals surface area contributed by atoms with Crippen molar-refractivity contribution in [3.63, 3.8) is 0 Å². The van der Waals surface area contributed by atoms with Crippen LogP contribution in [-0.2, 0) is 9.59 Å². The molecule has 0 radical (unpaired) electrons. The molecule has 0 bridgehead atoms. The van der Waals surface area contributed by atoms with Crippen LogP contribution in [0.15, 0.2) is 0 Å². The third-order valence-electron chi connectivity index (χ3n) is 3.11. The molecule has 0 aromatic heterocycles. The maximum atomic E-state index is 11.8. The van der Waals surface area contributed by atoms with E-state index in [2.05, 4.69) is 26.1 Å². The summed E-state index contributed by atoms with van der Waals surface area (Å²) in [6.07, 6.45) is 3.74. The van der Waals surface area contributed by atoms with E-state index in [1.807, 2.05) is 0 Å². The first-order valence-electron chi connectivity index (χ1n) is 6.52. The Hall–Kier alpha value is -0.710. The highest BCUT2D eigenvalue weighted by molar-refractivity contribution is 8.01. The molecule has 0 spiro atoms. The topological polar surface area (TPSA) is 72.2 Å². The number of hydrogen-bond acceptors (Lipinski definition) is 3. The zero-order valence-electron chi connectivity index (χ0n) is 11.5. The Morgan fingerprint density at radius 3 is 2.44 bits per heavy atom. The molecule has 0 heterocycles. The summed E-state index contributed by atoms with van der Waals surface area (Å²) in [5.74, 6) is -0.0373. The maximum Gasteiger partial charge on any atom is 0.230 e. The van der Waals surface area contributed by atoms with E-state index < -0.39 is 0 Å². The molecule has 1 rings (SSSR count). The van der Waals surface area contributed by atoms with Gasteiger partial charge in [0.2, 0.25) is 11.8 Å². The van der Waals surface area contributed by atoms with Crippen LogP contribution in [0.5, 0.6) is 0 Å². The molecule has 1 aliphatic carbocycles. The Labute approximate surface area is 113 Å². The fourth-order valence-corrected chi connectivity index (χ4v) is 2.82. The number of amides is 2. The molecule has 0 unspecified atom stereocenters. The summed E-state index contributed by atoms with van der Waals surface area (Å²) < 4.78 is 0.0764. The zero-order chi connectivity index (χ0) is 13.8. The molecule has 5 heteroatoms. The van der Waals surface area contributed by atoms with Crippen molar-refractivity contribution in [3.8, 4) is 0 Å². The van der Waals surface area contributed by atoms with Gasteiger partial charge in [0.05, 0.1) is 11.7 Å². The van der Waals surface area contributed by atoms with Gasteiger partial charge in [-0.25, -0.2) is 0 Å². The van der Waals surface area contributed by atoms with Crippen molar-refractivity contribution in [1.82, 2.24) is 5.32 Å². The van der Waals surface area contributed by atoms with Crippen molar-refractivity contribution in [2.45, 2.75) is 57.2 Å². The number of thioether (sulfide) groups is 1. The molecule has 4 nitrogen and oxygen atoms in total. The van der Waals surface area contributed by atoms with E-state index in [-0.39, 0.29) is 28.5 Å². The van der Waals surface area contributed by atoms with E-state index in [9.17, 15) is 9.59 Å². The van der Waals surface area contributed by atoms with Crippen molar-refractivity contribution in [1.29, 1.82) is 0 Å². The Kier molecular flexibility index (Phi) is 5.50. The van der Waals surface area contributed by atoms with Gasteiger partial charge in [-0.1, -0.05) is 33.6 Å². The Morgan fingerprint density at radius 2 is 1.89 bits per heavy atom. The second-order valence-electron chi connectivity index (χ2n) is 5.87. The first-order valence-corrected chi connectivity index (χ1v) is 7.51. The second kappa shape index (κ2) is 6.45. The number of rotatable bonds is 4. The molecule has 18 heavy (non-hydrogen) atoms. The lowest BCUT2D eigenvalue weighted by Gasteiger charge is -2.30. The minimum atomic E-state index is -0.288. The average Bonchev–Trinajstić information content (AvgIpc) is 2.26. The Morgan fingerprint density at radius 1 is 1.28 bits per heavy atom. The van der Waals surface area contributed by atoms with Crippen LogP contribution in [0.1, 0.15) is 46.5 Å². The van der Waals surface area contributed by atoms with Crippen LogP contribution in [0.25, 0.3) is 0 Å². The minimum absolute atomic E-state index is 0.00748. The summed E-state index contributed by atoms with van der Waals surface area (Å²) in [6, 6.07) is -0.0654. The van der Waals surface area contributed by atoms with Gasteiger partial charge in [-0.15, -0.1) is 11.8 Å². The van der Waals surface area contributed by atoms with Gasteiger partial charge in [-0.3, -0.25) is 9.59 Å². The number of nitrogens with one attached hydrogen (secondary N) is 1. The highest BCUT2D eigenvalue weighted by Gasteiger charge is 2.30. The molecule has 0 saturated heterocycles. The molecule has 2 amide bonds. The van der Waals surface area contributed by atoms with Crippen LogP contribution in [0.2, 0.25) is 0 Å². The number of carbonyl (C=O) groups is 2. The SMILES string of the molecule is CC(C)(C)SCC(=O)N[C@H]1CCCC[C@@H]1C(N)=O. The zero-order valence-corrected chi connectivity index (χ0v) is 12.3. The van der Waals surface area contributed by atoms with Crippen LogP contribution in [0.3, 0.4) is 0 Å². The second-order valence-corrected chi connectivity index (χ2v) is 7.67. The van der Waals surface area contributed by atoms with Crippen LogP contribution in [0, 0.1) is 5.92 Å². The first kappa shape index (κ1) is 15.3. The van der Waals surface area contributed by atoms with Crippen LogP contribution < -0.4 is 11.1 Å². The maximum absolute atomic E-state index is 11.8. The first-order chi connectivity index (χ1) is 8.29. The highest BCUT2D eigenvalue weighted by Crippen LogP contribution is 2.25. The van der Waals surface area contributed by atoms with Gasteiger partial charge in [0, 0.05) is 10.8 Å². The molecular formula is C13H24N2O2S. The highest BCUT2D eigenvalue weighted by atomic mass is 32.2. The molecule has 0 aromatic carbocycles. The van der Waals surface area contributed by atoms with Gasteiger partial charge in [-0.2, -0.15) is 0 Å². The van der Waals surface area contributed by atoms with Gasteiger partial charge < -0.3 is 11.1 Å². The van der Waals surface area contributed by atoms with E-state index in [4.69, 9.17) is 5.73 Å². The summed E-state index contributed by atoms with van der Waals surface area (Å²) in [4.78, 5) is 23.2. The summed E-state index contributed by atoms with van der Waals surface area (Å²) in [5.41, 5.74) is 5.38. The lowest BCUT2D eigenvalue weighted by atomic mass is 9.84. The third-order valence-corrected chi connectivity index (χ3v) is 4.39. The van der Waals surface area contributed by atoms with Gasteiger partial charge in [0.15, 0.2) is 0 Å². The molecule has 1 aliphatic rings. The monoisotopic (exact) mass is 272 g/mol. The number of primary amides is 1. The minimum Gasteiger partial charge on any atom is -0.369 e. The van der Waals surface area contributed by atoms with Crippen LogP contribution in [0.4, 0.5) is 0 Å². The largest absolute Gasteiger partial charge is 0.369 e. The molecule has 2 atom stereocenters. The summed E-state index contributed by atoms with van der Waals surface area (Å²) in [5, 5.41) is 2.96. The number of hydrogen-bond donors (Lipinski definition) is 2. The van der Waals surface area contributed by atoms with Crippen molar-refractivity contribution in [3.05, 3.63) is 0 Å². The van der Waals surface area contributed by atoms with Crippen LogP contribution in [-0.4, -0.2) is 28.4 Å². The summed E-state index contributed by atoms with van der Waals surface area (Å²) >= 11 is 1.61. The predicted octanol–water partition coefficient (Wildman–Crippen LogP) is 1.68. The molecule has 0 aromatic rings.